The molecule has 0 amide bonds. The number of H-pyrrole nitrogens is 1. The molecule has 0 spiro atoms. The first kappa shape index (κ1) is 9.48. The zero-order valence-electron chi connectivity index (χ0n) is 3.72. The number of nitrogens with one attached hydrogen (secondary N) is 1. The molecule has 0 fully saturated rings. The SMILES string of the molecule is F.O.c1cc[nH]c1. The zero-order valence-corrected chi connectivity index (χ0v) is 3.72. The van der Waals surface area contributed by atoms with Crippen molar-refractivity contribution in [3.63, 3.8) is 0 Å². The Balaban J connectivity index is 0. The van der Waals surface area contributed by atoms with E-state index in [1.165, 1.54) is 0 Å². The van der Waals surface area contributed by atoms with E-state index >= 15 is 0 Å². The lowest BCUT2D eigenvalue weighted by atomic mass is 10.7. The van der Waals surface area contributed by atoms with Crippen molar-refractivity contribution in [1.29, 1.82) is 0 Å². The van der Waals surface area contributed by atoms with Gasteiger partial charge in [0.1, 0.15) is 0 Å². The van der Waals surface area contributed by atoms with Crippen molar-refractivity contribution in [3.8, 4) is 0 Å². The Labute approximate surface area is 40.8 Å². The van der Waals surface area contributed by atoms with Crippen LogP contribution in [0.25, 0.3) is 0 Å². The van der Waals surface area contributed by atoms with Crippen molar-refractivity contribution in [2.45, 2.75) is 0 Å². The summed E-state index contributed by atoms with van der Waals surface area (Å²) in [4.78, 5) is 2.86. The minimum absolute atomic E-state index is 0. The third-order valence-corrected chi connectivity index (χ3v) is 0.496. The molecule has 2 nitrogen and oxygen atoms in total. The molecule has 0 aliphatic heterocycles. The highest BCUT2D eigenvalue weighted by molar-refractivity contribution is 4.84. The first-order chi connectivity index (χ1) is 2.50. The van der Waals surface area contributed by atoms with Crippen LogP contribution in [0.15, 0.2) is 24.5 Å². The lowest BCUT2D eigenvalue weighted by molar-refractivity contribution is 0.824. The molecule has 1 rings (SSSR count). The molecule has 3 N–H and O–H groups in total. The van der Waals surface area contributed by atoms with Gasteiger partial charge in [-0.1, -0.05) is 0 Å². The fraction of sp³-hybridized carbons (Fsp3) is 0. The van der Waals surface area contributed by atoms with E-state index in [4.69, 9.17) is 0 Å². The van der Waals surface area contributed by atoms with Gasteiger partial charge in [-0.3, -0.25) is 4.70 Å². The third-order valence-electron chi connectivity index (χ3n) is 0.496. The molecule has 0 saturated carbocycles. The maximum Gasteiger partial charge on any atom is 0.000496 e. The summed E-state index contributed by atoms with van der Waals surface area (Å²) in [6.45, 7) is 0. The maximum atomic E-state index is 2.86. The molecular weight excluding hydrogens is 97.0 g/mol. The maximum absolute atomic E-state index is 2.86. The van der Waals surface area contributed by atoms with Crippen LogP contribution in [0, 0.1) is 0 Å². The van der Waals surface area contributed by atoms with Crippen molar-refractivity contribution in [3.05, 3.63) is 24.5 Å². The monoisotopic (exact) mass is 105 g/mol. The van der Waals surface area contributed by atoms with Gasteiger partial charge in [0.25, 0.3) is 0 Å². The first-order valence-electron chi connectivity index (χ1n) is 1.58. The van der Waals surface area contributed by atoms with Gasteiger partial charge in [0, 0.05) is 12.4 Å². The lowest BCUT2D eigenvalue weighted by Crippen LogP contribution is -1.38. The van der Waals surface area contributed by atoms with Crippen LogP contribution in [0.1, 0.15) is 0 Å². The van der Waals surface area contributed by atoms with Gasteiger partial charge in [0.2, 0.25) is 0 Å². The van der Waals surface area contributed by atoms with E-state index in [-0.39, 0.29) is 10.2 Å². The Morgan fingerprint density at radius 1 is 1.00 bits per heavy atom. The fourth-order valence-electron chi connectivity index (χ4n) is 0.278. The molecule has 1 heterocycles. The smallest absolute Gasteiger partial charge is 0.000496 e. The van der Waals surface area contributed by atoms with Crippen LogP contribution < -0.4 is 0 Å². The molecule has 0 aliphatic carbocycles. The summed E-state index contributed by atoms with van der Waals surface area (Å²) in [5, 5.41) is 0. The second-order valence-electron chi connectivity index (χ2n) is 0.885. The van der Waals surface area contributed by atoms with E-state index < -0.39 is 0 Å². The highest BCUT2D eigenvalue weighted by Gasteiger charge is 1.55. The normalized spacial score (nSPS) is 5.71. The molecule has 1 aromatic rings. The molecule has 0 saturated heterocycles. The minimum Gasteiger partial charge on any atom is -0.412 e. The average molecular weight is 105 g/mol. The molecule has 0 aromatic carbocycles. The van der Waals surface area contributed by atoms with Gasteiger partial charge in [-0.05, 0) is 12.1 Å². The molecule has 0 bridgehead atoms. The molecule has 0 aliphatic rings. The van der Waals surface area contributed by atoms with Crippen molar-refractivity contribution in [2.24, 2.45) is 0 Å². The molecule has 0 atom stereocenters. The summed E-state index contributed by atoms with van der Waals surface area (Å²) in [5.74, 6) is 0. The van der Waals surface area contributed by atoms with Gasteiger partial charge in [0.05, 0.1) is 0 Å². The van der Waals surface area contributed by atoms with Gasteiger partial charge in [-0.15, -0.1) is 0 Å². The number of rotatable bonds is 0. The number of halogens is 1. The predicted molar refractivity (Wildman–Crippen MR) is 26.9 cm³/mol. The second kappa shape index (κ2) is 5.17. The van der Waals surface area contributed by atoms with Crippen LogP contribution in [-0.2, 0) is 0 Å². The minimum atomic E-state index is 0. The van der Waals surface area contributed by atoms with E-state index in [2.05, 4.69) is 4.98 Å². The molecule has 0 radical (unpaired) electrons. The van der Waals surface area contributed by atoms with Gasteiger partial charge in [0.15, 0.2) is 0 Å². The standard InChI is InChI=1S/C4H5N.FH.H2O/c1-2-4-5-3-1;;/h1-5H;1H;1H2. The Bertz CT molecular complexity index is 68.2. The van der Waals surface area contributed by atoms with E-state index in [9.17, 15) is 0 Å². The van der Waals surface area contributed by atoms with Crippen LogP contribution in [0.3, 0.4) is 0 Å². The Kier molecular flexibility index (Phi) is 7.00. The van der Waals surface area contributed by atoms with Crippen molar-refractivity contribution in [1.82, 2.24) is 4.98 Å². The summed E-state index contributed by atoms with van der Waals surface area (Å²) in [6.07, 6.45) is 3.75. The Morgan fingerprint density at radius 3 is 1.57 bits per heavy atom. The molecule has 1 aromatic heterocycles. The molecule has 7 heavy (non-hydrogen) atoms. The number of hydrogen-bond acceptors (Lipinski definition) is 0. The second-order valence-corrected chi connectivity index (χ2v) is 0.885. The summed E-state index contributed by atoms with van der Waals surface area (Å²) < 4.78 is 0. The summed E-state index contributed by atoms with van der Waals surface area (Å²) in [7, 11) is 0. The quantitative estimate of drug-likeness (QED) is 0.494. The number of aromatic nitrogens is 1. The number of hydrogen-bond donors (Lipinski definition) is 1. The highest BCUT2D eigenvalue weighted by Crippen LogP contribution is 1.72. The van der Waals surface area contributed by atoms with Crippen molar-refractivity contribution < 1.29 is 10.2 Å². The van der Waals surface area contributed by atoms with Crippen molar-refractivity contribution >= 4 is 0 Å². The largest absolute Gasteiger partial charge is 0.412 e. The van der Waals surface area contributed by atoms with Gasteiger partial charge >= 0.3 is 0 Å². The van der Waals surface area contributed by atoms with Crippen LogP contribution in [0.5, 0.6) is 0 Å². The van der Waals surface area contributed by atoms with Crippen LogP contribution in [-0.4, -0.2) is 10.5 Å². The van der Waals surface area contributed by atoms with Crippen LogP contribution in [0.4, 0.5) is 4.70 Å². The average Bonchev–Trinajstić information content (AvgIpc) is 1.76. The van der Waals surface area contributed by atoms with Crippen LogP contribution >= 0.6 is 0 Å². The van der Waals surface area contributed by atoms with E-state index in [1.807, 2.05) is 24.5 Å². The first-order valence-corrected chi connectivity index (χ1v) is 1.58. The zero-order chi connectivity index (χ0) is 3.54. The fourth-order valence-corrected chi connectivity index (χ4v) is 0.278. The molecule has 0 unspecified atom stereocenters. The molecule has 42 valence electrons. The van der Waals surface area contributed by atoms with E-state index in [0.29, 0.717) is 0 Å². The van der Waals surface area contributed by atoms with E-state index in [0.717, 1.165) is 0 Å². The number of aromatic amines is 1. The van der Waals surface area contributed by atoms with Gasteiger partial charge in [-0.2, -0.15) is 0 Å². The third kappa shape index (κ3) is 2.99. The Hall–Kier alpha value is -0.830. The van der Waals surface area contributed by atoms with Gasteiger partial charge in [-0.25, -0.2) is 0 Å². The predicted octanol–water partition coefficient (Wildman–Crippen LogP) is 0.343. The molecule has 3 heteroatoms. The Morgan fingerprint density at radius 2 is 1.43 bits per heavy atom. The van der Waals surface area contributed by atoms with Crippen molar-refractivity contribution in [2.75, 3.05) is 0 Å². The van der Waals surface area contributed by atoms with Gasteiger partial charge < -0.3 is 10.5 Å². The van der Waals surface area contributed by atoms with Crippen LogP contribution in [0.2, 0.25) is 0 Å². The lowest BCUT2D eigenvalue weighted by Gasteiger charge is -1.49. The molecular formula is C4H8FNO. The highest BCUT2D eigenvalue weighted by atomic mass is 19.0. The summed E-state index contributed by atoms with van der Waals surface area (Å²) >= 11 is 0. The summed E-state index contributed by atoms with van der Waals surface area (Å²) in [5.41, 5.74) is 0. The summed E-state index contributed by atoms with van der Waals surface area (Å²) in [6, 6.07) is 3.89. The van der Waals surface area contributed by atoms with E-state index in [1.54, 1.807) is 0 Å². The topological polar surface area (TPSA) is 47.3 Å².